The Labute approximate surface area is 90.8 Å². The molecule has 7 heteroatoms. The molecule has 0 aromatic carbocycles. The molecule has 4 nitrogen and oxygen atoms in total. The topological polar surface area (TPSA) is 47.3 Å². The summed E-state index contributed by atoms with van der Waals surface area (Å²) in [7, 11) is 0. The number of halogens is 3. The molecule has 0 aliphatic heterocycles. The van der Waals surface area contributed by atoms with Crippen molar-refractivity contribution in [1.29, 1.82) is 0 Å². The molecule has 0 fully saturated rings. The van der Waals surface area contributed by atoms with Crippen LogP contribution in [0.25, 0.3) is 0 Å². The Hall–Kier alpha value is -1.08. The maximum atomic E-state index is 11.7. The van der Waals surface area contributed by atoms with Crippen molar-refractivity contribution in [3.8, 4) is 0 Å². The summed E-state index contributed by atoms with van der Waals surface area (Å²) in [4.78, 5) is 3.92. The molecule has 0 atom stereocenters. The van der Waals surface area contributed by atoms with E-state index >= 15 is 0 Å². The highest BCUT2D eigenvalue weighted by Crippen LogP contribution is 2.13. The van der Waals surface area contributed by atoms with Gasteiger partial charge in [-0.05, 0) is 6.92 Å². The average molecular weight is 238 g/mol. The lowest BCUT2D eigenvalue weighted by Crippen LogP contribution is -2.23. The van der Waals surface area contributed by atoms with E-state index in [-0.39, 0.29) is 6.61 Å². The molecule has 0 aliphatic rings. The van der Waals surface area contributed by atoms with E-state index in [1.807, 2.05) is 0 Å². The second kappa shape index (κ2) is 5.86. The summed E-state index contributed by atoms with van der Waals surface area (Å²) < 4.78 is 44.5. The van der Waals surface area contributed by atoms with Crippen LogP contribution in [0, 0.1) is 6.92 Å². The first-order valence-electron chi connectivity index (χ1n) is 4.74. The molecule has 1 aromatic heterocycles. The number of alkyl halides is 3. The average Bonchev–Trinajstić information content (AvgIpc) is 2.56. The largest absolute Gasteiger partial charge is 0.445 e. The van der Waals surface area contributed by atoms with Crippen molar-refractivity contribution >= 4 is 0 Å². The molecule has 1 heterocycles. The van der Waals surface area contributed by atoms with Crippen LogP contribution in [0.1, 0.15) is 11.7 Å². The fourth-order valence-electron chi connectivity index (χ4n) is 1.01. The van der Waals surface area contributed by atoms with Gasteiger partial charge in [0.15, 0.2) is 0 Å². The number of nitrogens with zero attached hydrogens (tertiary/aromatic N) is 1. The maximum Gasteiger partial charge on any atom is 0.411 e. The highest BCUT2D eigenvalue weighted by molar-refractivity contribution is 4.90. The second-order valence-electron chi connectivity index (χ2n) is 3.21. The standard InChI is InChI=1S/C9H13F3N2O2/c1-7-4-14-8(16-7)5-13-2-3-15-6-9(10,11)12/h4,13H,2-3,5-6H2,1H3. The van der Waals surface area contributed by atoms with Crippen LogP contribution in [0.4, 0.5) is 13.2 Å². The monoisotopic (exact) mass is 238 g/mol. The summed E-state index contributed by atoms with van der Waals surface area (Å²) in [6.45, 7) is 1.25. The van der Waals surface area contributed by atoms with E-state index in [9.17, 15) is 13.2 Å². The molecular weight excluding hydrogens is 225 g/mol. The Balaban J connectivity index is 2.00. The lowest BCUT2D eigenvalue weighted by molar-refractivity contribution is -0.173. The molecule has 0 saturated heterocycles. The molecular formula is C9H13F3N2O2. The van der Waals surface area contributed by atoms with Gasteiger partial charge < -0.3 is 14.5 Å². The minimum atomic E-state index is -4.26. The molecule has 1 N–H and O–H groups in total. The van der Waals surface area contributed by atoms with Crippen LogP contribution < -0.4 is 5.32 Å². The number of hydrogen-bond donors (Lipinski definition) is 1. The first-order valence-corrected chi connectivity index (χ1v) is 4.74. The normalized spacial score (nSPS) is 12.0. The molecule has 0 saturated carbocycles. The summed E-state index contributed by atoms with van der Waals surface area (Å²) in [5.41, 5.74) is 0. The predicted octanol–water partition coefficient (Wildman–Crippen LogP) is 1.65. The molecule has 1 aromatic rings. The van der Waals surface area contributed by atoms with Gasteiger partial charge in [-0.25, -0.2) is 4.98 Å². The molecule has 0 aliphatic carbocycles. The number of aryl methyl sites for hydroxylation is 1. The maximum absolute atomic E-state index is 11.7. The molecule has 0 spiro atoms. The van der Waals surface area contributed by atoms with Gasteiger partial charge in [-0.3, -0.25) is 0 Å². The van der Waals surface area contributed by atoms with Crippen LogP contribution in [0.5, 0.6) is 0 Å². The first kappa shape index (κ1) is 13.0. The summed E-state index contributed by atoms with van der Waals surface area (Å²) in [5.74, 6) is 1.21. The molecule has 1 rings (SSSR count). The lowest BCUT2D eigenvalue weighted by atomic mass is 10.6. The van der Waals surface area contributed by atoms with Gasteiger partial charge in [-0.1, -0.05) is 0 Å². The summed E-state index contributed by atoms with van der Waals surface area (Å²) in [6, 6.07) is 0. The van der Waals surface area contributed by atoms with E-state index in [2.05, 4.69) is 15.0 Å². The third kappa shape index (κ3) is 5.72. The van der Waals surface area contributed by atoms with E-state index in [0.717, 1.165) is 0 Å². The zero-order chi connectivity index (χ0) is 12.0. The summed E-state index contributed by atoms with van der Waals surface area (Å²) in [6.07, 6.45) is -2.68. The fourth-order valence-corrected chi connectivity index (χ4v) is 1.01. The Kier molecular flexibility index (Phi) is 4.75. The van der Waals surface area contributed by atoms with E-state index in [0.29, 0.717) is 24.7 Å². The summed E-state index contributed by atoms with van der Waals surface area (Å²) in [5, 5.41) is 2.85. The van der Waals surface area contributed by atoms with E-state index in [1.165, 1.54) is 0 Å². The predicted molar refractivity (Wildman–Crippen MR) is 49.8 cm³/mol. The lowest BCUT2D eigenvalue weighted by Gasteiger charge is -2.07. The van der Waals surface area contributed by atoms with Crippen molar-refractivity contribution in [1.82, 2.24) is 10.3 Å². The van der Waals surface area contributed by atoms with Gasteiger partial charge in [-0.2, -0.15) is 13.2 Å². The van der Waals surface area contributed by atoms with Gasteiger partial charge in [0.1, 0.15) is 12.4 Å². The zero-order valence-electron chi connectivity index (χ0n) is 8.80. The van der Waals surface area contributed by atoms with E-state index in [4.69, 9.17) is 4.42 Å². The number of ether oxygens (including phenoxy) is 1. The number of rotatable bonds is 6. The minimum absolute atomic E-state index is 0.000793. The summed E-state index contributed by atoms with van der Waals surface area (Å²) >= 11 is 0. The molecule has 92 valence electrons. The smallest absolute Gasteiger partial charge is 0.411 e. The molecule has 0 unspecified atom stereocenters. The van der Waals surface area contributed by atoms with E-state index < -0.39 is 12.8 Å². The molecule has 0 radical (unpaired) electrons. The second-order valence-corrected chi connectivity index (χ2v) is 3.21. The van der Waals surface area contributed by atoms with Crippen molar-refractivity contribution in [2.45, 2.75) is 19.6 Å². The van der Waals surface area contributed by atoms with Gasteiger partial charge >= 0.3 is 6.18 Å². The van der Waals surface area contributed by atoms with Crippen LogP contribution >= 0.6 is 0 Å². The Morgan fingerprint density at radius 1 is 1.50 bits per heavy atom. The number of nitrogens with one attached hydrogen (secondary N) is 1. The van der Waals surface area contributed by atoms with Crippen molar-refractivity contribution in [2.24, 2.45) is 0 Å². The molecule has 16 heavy (non-hydrogen) atoms. The van der Waals surface area contributed by atoms with E-state index in [1.54, 1.807) is 13.1 Å². The molecule has 0 amide bonds. The van der Waals surface area contributed by atoms with Crippen molar-refractivity contribution in [2.75, 3.05) is 19.8 Å². The van der Waals surface area contributed by atoms with Gasteiger partial charge in [0, 0.05) is 6.54 Å². The van der Waals surface area contributed by atoms with Crippen LogP contribution in [0.3, 0.4) is 0 Å². The Morgan fingerprint density at radius 2 is 2.25 bits per heavy atom. The van der Waals surface area contributed by atoms with Gasteiger partial charge in [-0.15, -0.1) is 0 Å². The minimum Gasteiger partial charge on any atom is -0.445 e. The highest BCUT2D eigenvalue weighted by Gasteiger charge is 2.27. The number of hydrogen-bond acceptors (Lipinski definition) is 4. The third-order valence-electron chi connectivity index (χ3n) is 1.63. The van der Waals surface area contributed by atoms with Crippen molar-refractivity contribution in [3.05, 3.63) is 17.8 Å². The number of oxazole rings is 1. The van der Waals surface area contributed by atoms with Gasteiger partial charge in [0.25, 0.3) is 0 Å². The Bertz CT molecular complexity index is 312. The number of aromatic nitrogens is 1. The first-order chi connectivity index (χ1) is 7.47. The SMILES string of the molecule is Cc1cnc(CNCCOCC(F)(F)F)o1. The van der Waals surface area contributed by atoms with Crippen LogP contribution in [0.15, 0.2) is 10.6 Å². The zero-order valence-corrected chi connectivity index (χ0v) is 8.80. The fraction of sp³-hybridized carbons (Fsp3) is 0.667. The highest BCUT2D eigenvalue weighted by atomic mass is 19.4. The Morgan fingerprint density at radius 3 is 2.81 bits per heavy atom. The van der Waals surface area contributed by atoms with Crippen LogP contribution in [-0.2, 0) is 11.3 Å². The van der Waals surface area contributed by atoms with Gasteiger partial charge in [0.05, 0.1) is 19.3 Å². The van der Waals surface area contributed by atoms with Crippen molar-refractivity contribution < 1.29 is 22.3 Å². The van der Waals surface area contributed by atoms with Crippen LogP contribution in [0.2, 0.25) is 0 Å². The molecule has 0 bridgehead atoms. The van der Waals surface area contributed by atoms with Gasteiger partial charge in [0.2, 0.25) is 5.89 Å². The van der Waals surface area contributed by atoms with Crippen molar-refractivity contribution in [3.63, 3.8) is 0 Å². The quantitative estimate of drug-likeness (QED) is 0.765. The van der Waals surface area contributed by atoms with Crippen LogP contribution in [-0.4, -0.2) is 30.9 Å². The third-order valence-corrected chi connectivity index (χ3v) is 1.63.